The summed E-state index contributed by atoms with van der Waals surface area (Å²) in [6.07, 6.45) is 3.26. The molecule has 0 aliphatic heterocycles. The molecule has 2 heterocycles. The maximum Gasteiger partial charge on any atom is 0.260 e. The van der Waals surface area contributed by atoms with Crippen LogP contribution >= 0.6 is 22.9 Å². The smallest absolute Gasteiger partial charge is 0.260 e. The molecule has 146 valence electrons. The van der Waals surface area contributed by atoms with E-state index in [1.807, 2.05) is 48.5 Å². The summed E-state index contributed by atoms with van der Waals surface area (Å²) >= 11 is 7.58. The molecule has 7 heteroatoms. The highest BCUT2D eigenvalue weighted by Gasteiger charge is 2.22. The monoisotopic (exact) mass is 430 g/mol. The van der Waals surface area contributed by atoms with Crippen LogP contribution in [0.1, 0.15) is 15.9 Å². The number of anilines is 1. The highest BCUT2D eigenvalue weighted by atomic mass is 35.5. The molecule has 0 saturated heterocycles. The normalized spacial score (nSPS) is 11.1. The molecule has 1 amide bonds. The van der Waals surface area contributed by atoms with E-state index in [0.29, 0.717) is 27.8 Å². The molecule has 0 N–H and O–H groups in total. The maximum atomic E-state index is 13.6. The molecule has 0 aliphatic carbocycles. The number of fused-ring (bicyclic) bond motifs is 2. The first-order valence-corrected chi connectivity index (χ1v) is 10.5. The van der Waals surface area contributed by atoms with E-state index in [9.17, 15) is 4.79 Å². The van der Waals surface area contributed by atoms with Crippen LogP contribution in [0.3, 0.4) is 0 Å². The van der Waals surface area contributed by atoms with E-state index < -0.39 is 0 Å². The van der Waals surface area contributed by atoms with Crippen LogP contribution in [0.25, 0.3) is 21.3 Å². The van der Waals surface area contributed by atoms with Crippen molar-refractivity contribution in [2.45, 2.75) is 6.54 Å². The third kappa shape index (κ3) is 3.63. The van der Waals surface area contributed by atoms with E-state index in [1.165, 1.54) is 11.3 Å². The summed E-state index contributed by atoms with van der Waals surface area (Å²) in [6.45, 7) is 0.408. The van der Waals surface area contributed by atoms with Gasteiger partial charge < -0.3 is 0 Å². The fourth-order valence-corrected chi connectivity index (χ4v) is 4.49. The first kappa shape index (κ1) is 18.7. The van der Waals surface area contributed by atoms with E-state index in [4.69, 9.17) is 16.6 Å². The third-order valence-corrected chi connectivity index (χ3v) is 5.99. The summed E-state index contributed by atoms with van der Waals surface area (Å²) < 4.78 is 0.938. The minimum Gasteiger partial charge on any atom is -0.279 e. The van der Waals surface area contributed by atoms with E-state index >= 15 is 0 Å². The van der Waals surface area contributed by atoms with Gasteiger partial charge in [0.1, 0.15) is 0 Å². The number of rotatable bonds is 4. The molecular formula is C23H15ClN4OS. The van der Waals surface area contributed by atoms with Gasteiger partial charge in [-0.25, -0.2) is 4.98 Å². The standard InChI is InChI=1S/C23H15ClN4OS/c24-17-7-9-19-21(13-17)30-23(27-19)28(14-15-4-2-1-3-5-15)22(29)16-6-8-18-20(12-16)26-11-10-25-18/h1-13H,14H2. The number of thiazole rings is 1. The predicted octanol–water partition coefficient (Wildman–Crippen LogP) is 5.74. The first-order chi connectivity index (χ1) is 14.7. The van der Waals surface area contributed by atoms with Gasteiger partial charge in [-0.3, -0.25) is 19.7 Å². The van der Waals surface area contributed by atoms with Crippen molar-refractivity contribution in [1.82, 2.24) is 15.0 Å². The zero-order valence-electron chi connectivity index (χ0n) is 15.7. The lowest BCUT2D eigenvalue weighted by Gasteiger charge is -2.20. The predicted molar refractivity (Wildman–Crippen MR) is 121 cm³/mol. The molecule has 3 aromatic carbocycles. The van der Waals surface area contributed by atoms with Crippen LogP contribution in [-0.4, -0.2) is 20.9 Å². The number of halogens is 1. The van der Waals surface area contributed by atoms with Gasteiger partial charge in [-0.15, -0.1) is 0 Å². The Kier molecular flexibility index (Phi) is 4.86. The quantitative estimate of drug-likeness (QED) is 0.364. The zero-order chi connectivity index (χ0) is 20.5. The second-order valence-electron chi connectivity index (χ2n) is 6.75. The van der Waals surface area contributed by atoms with E-state index in [2.05, 4.69) is 9.97 Å². The topological polar surface area (TPSA) is 59.0 Å². The average Bonchev–Trinajstić information content (AvgIpc) is 3.20. The molecule has 0 fully saturated rings. The molecule has 0 saturated carbocycles. The lowest BCUT2D eigenvalue weighted by molar-refractivity contribution is 0.0985. The molecule has 0 aliphatic rings. The Hall–Kier alpha value is -3.35. The molecule has 2 aromatic heterocycles. The Bertz CT molecular complexity index is 1370. The Morgan fingerprint density at radius 3 is 2.50 bits per heavy atom. The largest absolute Gasteiger partial charge is 0.279 e. The highest BCUT2D eigenvalue weighted by molar-refractivity contribution is 7.22. The van der Waals surface area contributed by atoms with Crippen molar-refractivity contribution in [3.05, 3.63) is 95.3 Å². The minimum atomic E-state index is -0.142. The fraction of sp³-hybridized carbons (Fsp3) is 0.0435. The number of aromatic nitrogens is 3. The first-order valence-electron chi connectivity index (χ1n) is 9.30. The number of carbonyl (C=O) groups is 1. The summed E-state index contributed by atoms with van der Waals surface area (Å²) in [5, 5.41) is 1.27. The minimum absolute atomic E-state index is 0.142. The van der Waals surface area contributed by atoms with Crippen LogP contribution in [0.15, 0.2) is 79.1 Å². The number of hydrogen-bond donors (Lipinski definition) is 0. The molecule has 0 bridgehead atoms. The van der Waals surface area contributed by atoms with Gasteiger partial charge in [-0.1, -0.05) is 53.3 Å². The van der Waals surface area contributed by atoms with Crippen LogP contribution in [-0.2, 0) is 6.54 Å². The molecule has 0 unspecified atom stereocenters. The molecule has 0 spiro atoms. The van der Waals surface area contributed by atoms with Crippen molar-refractivity contribution in [2.24, 2.45) is 0 Å². The molecule has 5 nitrogen and oxygen atoms in total. The zero-order valence-corrected chi connectivity index (χ0v) is 17.3. The van der Waals surface area contributed by atoms with Crippen molar-refractivity contribution >= 4 is 55.2 Å². The fourth-order valence-electron chi connectivity index (χ4n) is 3.25. The molecular weight excluding hydrogens is 416 g/mol. The lowest BCUT2D eigenvalue weighted by atomic mass is 10.1. The van der Waals surface area contributed by atoms with Gasteiger partial charge in [0, 0.05) is 23.0 Å². The highest BCUT2D eigenvalue weighted by Crippen LogP contribution is 2.32. The number of hydrogen-bond acceptors (Lipinski definition) is 5. The molecule has 30 heavy (non-hydrogen) atoms. The molecule has 0 radical (unpaired) electrons. The van der Waals surface area contributed by atoms with Crippen molar-refractivity contribution in [3.63, 3.8) is 0 Å². The van der Waals surface area contributed by atoms with Crippen LogP contribution in [0.2, 0.25) is 5.02 Å². The van der Waals surface area contributed by atoms with Crippen molar-refractivity contribution in [1.29, 1.82) is 0 Å². The van der Waals surface area contributed by atoms with E-state index in [1.54, 1.807) is 35.5 Å². The summed E-state index contributed by atoms with van der Waals surface area (Å²) in [7, 11) is 0. The van der Waals surface area contributed by atoms with Crippen LogP contribution in [0, 0.1) is 0 Å². The number of amides is 1. The number of nitrogens with zero attached hydrogens (tertiary/aromatic N) is 4. The Labute approximate surface area is 181 Å². The maximum absolute atomic E-state index is 13.6. The second kappa shape index (κ2) is 7.82. The Balaban J connectivity index is 1.59. The van der Waals surface area contributed by atoms with Crippen LogP contribution in [0.5, 0.6) is 0 Å². The molecule has 5 aromatic rings. The molecule has 0 atom stereocenters. The number of benzene rings is 3. The van der Waals surface area contributed by atoms with Gasteiger partial charge in [0.2, 0.25) is 0 Å². The van der Waals surface area contributed by atoms with Gasteiger partial charge in [0.25, 0.3) is 5.91 Å². The molecule has 5 rings (SSSR count). The van der Waals surface area contributed by atoms with Gasteiger partial charge in [0.05, 0.1) is 27.8 Å². The van der Waals surface area contributed by atoms with Crippen LogP contribution in [0.4, 0.5) is 5.13 Å². The lowest BCUT2D eigenvalue weighted by Crippen LogP contribution is -2.30. The van der Waals surface area contributed by atoms with Gasteiger partial charge in [0.15, 0.2) is 5.13 Å². The van der Waals surface area contributed by atoms with Crippen molar-refractivity contribution in [3.8, 4) is 0 Å². The summed E-state index contributed by atoms with van der Waals surface area (Å²) in [6, 6.07) is 20.8. The Morgan fingerprint density at radius 1 is 0.900 bits per heavy atom. The summed E-state index contributed by atoms with van der Waals surface area (Å²) in [5.41, 5.74) is 3.80. The van der Waals surface area contributed by atoms with Crippen LogP contribution < -0.4 is 4.90 Å². The van der Waals surface area contributed by atoms with Gasteiger partial charge >= 0.3 is 0 Å². The summed E-state index contributed by atoms with van der Waals surface area (Å²) in [4.78, 5) is 28.6. The SMILES string of the molecule is O=C(c1ccc2nccnc2c1)N(Cc1ccccc1)c1nc2ccc(Cl)cc2s1. The average molecular weight is 431 g/mol. The third-order valence-electron chi connectivity index (χ3n) is 4.72. The van der Waals surface area contributed by atoms with Gasteiger partial charge in [-0.05, 0) is 42.0 Å². The van der Waals surface area contributed by atoms with E-state index in [-0.39, 0.29) is 5.91 Å². The second-order valence-corrected chi connectivity index (χ2v) is 8.19. The Morgan fingerprint density at radius 2 is 1.67 bits per heavy atom. The summed E-state index contributed by atoms with van der Waals surface area (Å²) in [5.74, 6) is -0.142. The number of carbonyl (C=O) groups excluding carboxylic acids is 1. The van der Waals surface area contributed by atoms with Crippen molar-refractivity contribution < 1.29 is 4.79 Å². The van der Waals surface area contributed by atoms with E-state index in [0.717, 1.165) is 21.3 Å². The van der Waals surface area contributed by atoms with Crippen molar-refractivity contribution in [2.75, 3.05) is 4.90 Å². The van der Waals surface area contributed by atoms with Gasteiger partial charge in [-0.2, -0.15) is 0 Å².